The Balaban J connectivity index is 1.43. The van der Waals surface area contributed by atoms with Gasteiger partial charge in [0.15, 0.2) is 0 Å². The molecule has 2 rings (SSSR count). The third kappa shape index (κ3) is 7.45. The molecule has 0 aliphatic heterocycles. The number of hydrogen-bond acceptors (Lipinski definition) is 3. The Labute approximate surface area is 159 Å². The quantitative estimate of drug-likeness (QED) is 0.500. The van der Waals surface area contributed by atoms with Gasteiger partial charge in [-0.15, -0.1) is 0 Å². The molecule has 3 nitrogen and oxygen atoms in total. The Hall–Kier alpha value is -1.42. The molecule has 144 valence electrons. The van der Waals surface area contributed by atoms with Crippen molar-refractivity contribution < 1.29 is 14.2 Å². The van der Waals surface area contributed by atoms with Crippen molar-refractivity contribution in [3.8, 4) is 0 Å². The van der Waals surface area contributed by atoms with E-state index in [0.29, 0.717) is 50.1 Å². The summed E-state index contributed by atoms with van der Waals surface area (Å²) in [6.45, 7) is 10.7. The lowest BCUT2D eigenvalue weighted by Crippen LogP contribution is -2.23. The number of rotatable bonds is 12. The van der Waals surface area contributed by atoms with Gasteiger partial charge >= 0.3 is 0 Å². The maximum absolute atomic E-state index is 5.78. The molecule has 1 aliphatic rings. The molecule has 0 aromatic heterocycles. The van der Waals surface area contributed by atoms with Crippen LogP contribution in [-0.2, 0) is 14.2 Å². The molecule has 1 aromatic rings. The first kappa shape index (κ1) is 20.9. The molecule has 26 heavy (non-hydrogen) atoms. The van der Waals surface area contributed by atoms with Crippen molar-refractivity contribution in [3.05, 3.63) is 60.2 Å². The average molecular weight is 359 g/mol. The highest BCUT2D eigenvalue weighted by molar-refractivity contribution is 5.18. The molecule has 0 saturated carbocycles. The minimum atomic E-state index is 0.409. The lowest BCUT2D eigenvalue weighted by molar-refractivity contribution is 0.00296. The fraction of sp³-hybridized carbons (Fsp3) is 0.565. The van der Waals surface area contributed by atoms with Crippen LogP contribution in [-0.4, -0.2) is 39.6 Å². The first-order valence-electron chi connectivity index (χ1n) is 9.81. The van der Waals surface area contributed by atoms with E-state index in [2.05, 4.69) is 69.3 Å². The summed E-state index contributed by atoms with van der Waals surface area (Å²) >= 11 is 0. The smallest absolute Gasteiger partial charge is 0.0701 e. The van der Waals surface area contributed by atoms with E-state index in [4.69, 9.17) is 14.2 Å². The molecule has 0 fully saturated rings. The largest absolute Gasteiger partial charge is 0.379 e. The van der Waals surface area contributed by atoms with Crippen molar-refractivity contribution in [2.24, 2.45) is 17.8 Å². The number of ether oxygens (including phenoxy) is 3. The molecule has 1 aliphatic carbocycles. The second kappa shape index (κ2) is 12.1. The van der Waals surface area contributed by atoms with Crippen molar-refractivity contribution in [1.82, 2.24) is 0 Å². The van der Waals surface area contributed by atoms with Crippen LogP contribution in [0.2, 0.25) is 0 Å². The molecule has 0 radical (unpaired) electrons. The van der Waals surface area contributed by atoms with Crippen molar-refractivity contribution in [1.29, 1.82) is 0 Å². The minimum Gasteiger partial charge on any atom is -0.379 e. The molecule has 4 atom stereocenters. The van der Waals surface area contributed by atoms with Gasteiger partial charge in [0.1, 0.15) is 0 Å². The summed E-state index contributed by atoms with van der Waals surface area (Å²) in [5.74, 6) is 2.09. The van der Waals surface area contributed by atoms with Crippen molar-refractivity contribution >= 4 is 0 Å². The zero-order valence-corrected chi connectivity index (χ0v) is 16.5. The molecule has 0 amide bonds. The van der Waals surface area contributed by atoms with E-state index in [1.54, 1.807) is 0 Å². The molecule has 0 saturated heterocycles. The molecular formula is C23H34O3. The summed E-state index contributed by atoms with van der Waals surface area (Å²) in [4.78, 5) is 0. The van der Waals surface area contributed by atoms with E-state index >= 15 is 0 Å². The maximum Gasteiger partial charge on any atom is 0.0701 e. The van der Waals surface area contributed by atoms with Crippen LogP contribution in [0.1, 0.15) is 32.3 Å². The molecule has 3 heteroatoms. The van der Waals surface area contributed by atoms with E-state index < -0.39 is 0 Å². The Kier molecular flexibility index (Phi) is 9.68. The van der Waals surface area contributed by atoms with Crippen LogP contribution in [0.5, 0.6) is 0 Å². The Morgan fingerprint density at radius 2 is 1.42 bits per heavy atom. The van der Waals surface area contributed by atoms with Gasteiger partial charge in [-0.05, 0) is 23.3 Å². The molecule has 0 N–H and O–H groups in total. The lowest BCUT2D eigenvalue weighted by atomic mass is 9.81. The van der Waals surface area contributed by atoms with E-state index in [9.17, 15) is 0 Å². The van der Waals surface area contributed by atoms with Gasteiger partial charge < -0.3 is 14.2 Å². The summed E-state index contributed by atoms with van der Waals surface area (Å²) in [5, 5.41) is 0. The second-order valence-corrected chi connectivity index (χ2v) is 7.26. The zero-order chi connectivity index (χ0) is 18.6. The third-order valence-electron chi connectivity index (χ3n) is 4.98. The van der Waals surface area contributed by atoms with E-state index in [-0.39, 0.29) is 0 Å². The molecule has 2 unspecified atom stereocenters. The van der Waals surface area contributed by atoms with Crippen molar-refractivity contribution in [2.45, 2.75) is 26.7 Å². The molecule has 0 heterocycles. The third-order valence-corrected chi connectivity index (χ3v) is 4.98. The highest BCUT2D eigenvalue weighted by Crippen LogP contribution is 2.26. The van der Waals surface area contributed by atoms with Crippen LogP contribution in [0.3, 0.4) is 0 Å². The predicted octanol–water partition coefficient (Wildman–Crippen LogP) is 4.85. The van der Waals surface area contributed by atoms with Crippen LogP contribution in [0.4, 0.5) is 0 Å². The topological polar surface area (TPSA) is 27.7 Å². The summed E-state index contributed by atoms with van der Waals surface area (Å²) in [6.07, 6.45) is 8.83. The van der Waals surface area contributed by atoms with Gasteiger partial charge in [0.2, 0.25) is 0 Å². The van der Waals surface area contributed by atoms with Gasteiger partial charge in [-0.2, -0.15) is 0 Å². The maximum atomic E-state index is 5.78. The Morgan fingerprint density at radius 1 is 0.808 bits per heavy atom. The van der Waals surface area contributed by atoms with Gasteiger partial charge in [0, 0.05) is 12.5 Å². The van der Waals surface area contributed by atoms with Crippen LogP contribution < -0.4 is 0 Å². The van der Waals surface area contributed by atoms with E-state index in [1.807, 2.05) is 6.07 Å². The highest BCUT2D eigenvalue weighted by Gasteiger charge is 2.20. The van der Waals surface area contributed by atoms with Crippen LogP contribution >= 0.6 is 0 Å². The number of benzene rings is 1. The SMILES string of the molecule is CC1C=CC=CC1[C@H](C)COCCOCCOC[C@@H](C)c1ccccc1. The Bertz CT molecular complexity index is 538. The van der Waals surface area contributed by atoms with Gasteiger partial charge in [-0.1, -0.05) is 75.4 Å². The first-order chi connectivity index (χ1) is 12.7. The fourth-order valence-corrected chi connectivity index (χ4v) is 3.30. The van der Waals surface area contributed by atoms with Gasteiger partial charge in [-0.3, -0.25) is 0 Å². The summed E-state index contributed by atoms with van der Waals surface area (Å²) < 4.78 is 17.1. The summed E-state index contributed by atoms with van der Waals surface area (Å²) in [6, 6.07) is 10.5. The van der Waals surface area contributed by atoms with Gasteiger partial charge in [0.05, 0.1) is 33.0 Å². The van der Waals surface area contributed by atoms with Gasteiger partial charge in [-0.25, -0.2) is 0 Å². The predicted molar refractivity (Wildman–Crippen MR) is 107 cm³/mol. The minimum absolute atomic E-state index is 0.409. The molecule has 0 bridgehead atoms. The van der Waals surface area contributed by atoms with Crippen molar-refractivity contribution in [2.75, 3.05) is 39.6 Å². The normalized spacial score (nSPS) is 21.7. The standard InChI is InChI=1S/C23H34O3/c1-19-9-7-8-12-23(19)21(3)18-26-16-14-24-13-15-25-17-20(2)22-10-5-4-6-11-22/h4-12,19-21,23H,13-18H2,1-3H3/t19?,20-,21-,23?/m1/s1. The van der Waals surface area contributed by atoms with Crippen molar-refractivity contribution in [3.63, 3.8) is 0 Å². The second-order valence-electron chi connectivity index (χ2n) is 7.26. The van der Waals surface area contributed by atoms with E-state index in [0.717, 1.165) is 13.2 Å². The fourth-order valence-electron chi connectivity index (χ4n) is 3.30. The monoisotopic (exact) mass is 358 g/mol. The number of allylic oxidation sites excluding steroid dienone is 4. The number of hydrogen-bond donors (Lipinski definition) is 0. The highest BCUT2D eigenvalue weighted by atomic mass is 16.5. The summed E-state index contributed by atoms with van der Waals surface area (Å²) in [5.41, 5.74) is 1.31. The molecule has 1 aromatic carbocycles. The van der Waals surface area contributed by atoms with Crippen LogP contribution in [0.25, 0.3) is 0 Å². The first-order valence-corrected chi connectivity index (χ1v) is 9.81. The van der Waals surface area contributed by atoms with Crippen LogP contribution in [0, 0.1) is 17.8 Å². The van der Waals surface area contributed by atoms with Gasteiger partial charge in [0.25, 0.3) is 0 Å². The molecular weight excluding hydrogens is 324 g/mol. The summed E-state index contributed by atoms with van der Waals surface area (Å²) in [7, 11) is 0. The Morgan fingerprint density at radius 3 is 2.12 bits per heavy atom. The zero-order valence-electron chi connectivity index (χ0n) is 16.5. The van der Waals surface area contributed by atoms with E-state index in [1.165, 1.54) is 5.56 Å². The average Bonchev–Trinajstić information content (AvgIpc) is 2.67. The van der Waals surface area contributed by atoms with Crippen LogP contribution in [0.15, 0.2) is 54.6 Å². The lowest BCUT2D eigenvalue weighted by Gasteiger charge is -2.26. The molecule has 0 spiro atoms.